The van der Waals surface area contributed by atoms with Gasteiger partial charge in [-0.1, -0.05) is 38.5 Å². The van der Waals surface area contributed by atoms with Gasteiger partial charge in [0.1, 0.15) is 0 Å². The number of hydrogen-bond acceptors (Lipinski definition) is 2. The number of rotatable bonds is 0. The molecule has 2 nitrogen and oxygen atoms in total. The van der Waals surface area contributed by atoms with Crippen LogP contribution in [0.5, 0.6) is 0 Å². The van der Waals surface area contributed by atoms with Crippen molar-refractivity contribution in [3.63, 3.8) is 0 Å². The van der Waals surface area contributed by atoms with Crippen molar-refractivity contribution < 1.29 is 23.1 Å². The molecule has 1 aliphatic carbocycles. The van der Waals surface area contributed by atoms with Crippen LogP contribution in [0.2, 0.25) is 0 Å². The summed E-state index contributed by atoms with van der Waals surface area (Å²) in [6.07, 6.45) is 3.96. The molecule has 78 valence electrons. The molecule has 5 heteroatoms. The first kappa shape index (κ1) is 10.3. The second-order valence-electron chi connectivity index (χ2n) is 2.91. The Morgan fingerprint density at radius 2 is 1.38 bits per heavy atom. The molecule has 0 bridgehead atoms. The van der Waals surface area contributed by atoms with Crippen molar-refractivity contribution in [1.29, 1.82) is 1.43 Å². The van der Waals surface area contributed by atoms with Crippen molar-refractivity contribution in [3.8, 4) is 0 Å². The van der Waals surface area contributed by atoms with Crippen LogP contribution >= 0.6 is 0 Å². The number of alkyl halides is 3. The van der Waals surface area contributed by atoms with E-state index in [1.165, 1.54) is 38.5 Å². The molecule has 1 rings (SSSR count). The monoisotopic (exact) mass is 199 g/mol. The third kappa shape index (κ3) is 7.62. The van der Waals surface area contributed by atoms with E-state index in [1.807, 2.05) is 0 Å². The minimum absolute atomic E-state index is 1.50. The molecule has 1 fully saturated rings. The Balaban J connectivity index is 0.000000249. The summed E-state index contributed by atoms with van der Waals surface area (Å²) in [5.74, 6) is -2.50. The smallest absolute Gasteiger partial charge is 0.475 e. The van der Waals surface area contributed by atoms with E-state index in [0.717, 1.165) is 0 Å². The number of carbonyl (C=O) groups is 1. The number of halogens is 3. The zero-order chi connectivity index (χ0) is 11.0. The minimum atomic E-state index is -5.04. The van der Waals surface area contributed by atoms with Crippen molar-refractivity contribution in [1.82, 2.24) is 0 Å². The summed E-state index contributed by atoms with van der Waals surface area (Å²) in [6.45, 7) is 0. The van der Waals surface area contributed by atoms with Crippen LogP contribution in [0.4, 0.5) is 13.2 Å². The molecular formula is C8H13F3O2. The SMILES string of the molecule is C1CCCCC1.[2H]OC(=O)C(F)(F)F. The first-order valence-electron chi connectivity index (χ1n) is 4.63. The van der Waals surface area contributed by atoms with Gasteiger partial charge in [0, 0.05) is 0 Å². The van der Waals surface area contributed by atoms with Gasteiger partial charge in [0.25, 0.3) is 1.43 Å². The molecule has 0 saturated heterocycles. The van der Waals surface area contributed by atoms with Gasteiger partial charge < -0.3 is 5.11 Å². The van der Waals surface area contributed by atoms with E-state index in [2.05, 4.69) is 5.11 Å². The third-order valence-corrected chi connectivity index (χ3v) is 1.73. The van der Waals surface area contributed by atoms with E-state index in [-0.39, 0.29) is 0 Å². The summed E-state index contributed by atoms with van der Waals surface area (Å²) in [4.78, 5) is 9.30. The molecular weight excluding hydrogens is 185 g/mol. The standard InChI is InChI=1S/C6H12.C2HF3O2/c1-2-4-6-5-3-1;3-2(4,5)1(6)7/h1-6H2;(H,6,7)/i/hD. The van der Waals surface area contributed by atoms with E-state index in [0.29, 0.717) is 0 Å². The average molecular weight is 199 g/mol. The molecule has 1 aliphatic rings. The molecule has 0 aromatic carbocycles. The second-order valence-corrected chi connectivity index (χ2v) is 2.91. The maximum Gasteiger partial charge on any atom is 0.490 e. The van der Waals surface area contributed by atoms with Crippen molar-refractivity contribution in [2.45, 2.75) is 44.7 Å². The number of carboxylic acid groups (broad SMARTS) is 1. The molecule has 0 amide bonds. The van der Waals surface area contributed by atoms with Gasteiger partial charge in [-0.3, -0.25) is 0 Å². The van der Waals surface area contributed by atoms with E-state index < -0.39 is 12.1 Å². The quantitative estimate of drug-likeness (QED) is 0.651. The van der Waals surface area contributed by atoms with E-state index in [1.54, 1.807) is 0 Å². The highest BCUT2D eigenvalue weighted by Gasteiger charge is 2.38. The first-order chi connectivity index (χ1) is 6.48. The van der Waals surface area contributed by atoms with Crippen LogP contribution in [0.25, 0.3) is 1.43 Å². The van der Waals surface area contributed by atoms with Crippen LogP contribution in [0.3, 0.4) is 0 Å². The van der Waals surface area contributed by atoms with Gasteiger partial charge in [0.2, 0.25) is 0 Å². The normalized spacial score (nSPS) is 17.9. The number of carboxylic acids is 1. The summed E-state index contributed by atoms with van der Waals surface area (Å²) in [7, 11) is 0. The van der Waals surface area contributed by atoms with E-state index in [4.69, 9.17) is 1.43 Å². The zero-order valence-electron chi connectivity index (χ0n) is 8.19. The summed E-state index contributed by atoms with van der Waals surface area (Å²) >= 11 is 0. The molecule has 1 saturated carbocycles. The second kappa shape index (κ2) is 5.83. The zero-order valence-corrected chi connectivity index (χ0v) is 7.19. The van der Waals surface area contributed by atoms with Crippen molar-refractivity contribution in [3.05, 3.63) is 0 Å². The Morgan fingerprint density at radius 1 is 1.08 bits per heavy atom. The fourth-order valence-corrected chi connectivity index (χ4v) is 1.06. The minimum Gasteiger partial charge on any atom is -0.475 e. The fraction of sp³-hybridized carbons (Fsp3) is 0.875. The van der Waals surface area contributed by atoms with Gasteiger partial charge in [0.05, 0.1) is 0 Å². The van der Waals surface area contributed by atoms with Crippen LogP contribution in [-0.2, 0) is 4.79 Å². The van der Waals surface area contributed by atoms with Gasteiger partial charge >= 0.3 is 12.1 Å². The molecule has 13 heavy (non-hydrogen) atoms. The Kier molecular flexibility index (Phi) is 4.64. The lowest BCUT2D eigenvalue weighted by Gasteiger charge is -2.05. The molecule has 0 unspecified atom stereocenters. The highest BCUT2D eigenvalue weighted by molar-refractivity contribution is 5.73. The Labute approximate surface area is 76.2 Å². The molecule has 1 N–H and O–H groups in total. The maximum atomic E-state index is 10.9. The van der Waals surface area contributed by atoms with Gasteiger partial charge in [-0.25, -0.2) is 4.79 Å². The highest BCUT2D eigenvalue weighted by Crippen LogP contribution is 2.15. The average Bonchev–Trinajstić information content (AvgIpc) is 2.19. The molecule has 0 atom stereocenters. The molecule has 0 spiro atoms. The van der Waals surface area contributed by atoms with Gasteiger partial charge in [0.15, 0.2) is 0 Å². The fourth-order valence-electron chi connectivity index (χ4n) is 1.06. The highest BCUT2D eigenvalue weighted by atomic mass is 19.4. The van der Waals surface area contributed by atoms with Crippen molar-refractivity contribution >= 4 is 5.97 Å². The lowest BCUT2D eigenvalue weighted by Crippen LogP contribution is -2.21. The summed E-state index contributed by atoms with van der Waals surface area (Å²) < 4.78 is 38.1. The largest absolute Gasteiger partial charge is 0.490 e. The Hall–Kier alpha value is -0.740. The summed E-state index contributed by atoms with van der Waals surface area (Å²) in [5, 5.41) is 2.60. The Bertz CT molecular complexity index is 155. The topological polar surface area (TPSA) is 37.3 Å². The van der Waals surface area contributed by atoms with Gasteiger partial charge in [-0.2, -0.15) is 13.2 Å². The molecule has 0 radical (unpaired) electrons. The molecule has 0 aliphatic heterocycles. The maximum absolute atomic E-state index is 10.9. The third-order valence-electron chi connectivity index (χ3n) is 1.73. The number of hydrogen-bond donors (Lipinski definition) is 1. The van der Waals surface area contributed by atoms with Crippen LogP contribution < -0.4 is 0 Å². The summed E-state index contributed by atoms with van der Waals surface area (Å²) in [5.41, 5.74) is 0. The van der Waals surface area contributed by atoms with Crippen molar-refractivity contribution in [2.24, 2.45) is 0 Å². The molecule has 0 aromatic heterocycles. The lowest BCUT2D eigenvalue weighted by molar-refractivity contribution is -0.192. The summed E-state index contributed by atoms with van der Waals surface area (Å²) in [6, 6.07) is 0. The number of aliphatic carboxylic acids is 1. The van der Waals surface area contributed by atoms with E-state index in [9.17, 15) is 18.0 Å². The molecule has 0 aromatic rings. The lowest BCUT2D eigenvalue weighted by atomic mass is 10.0. The van der Waals surface area contributed by atoms with Crippen molar-refractivity contribution in [2.75, 3.05) is 0 Å². The van der Waals surface area contributed by atoms with Crippen LogP contribution in [-0.4, -0.2) is 17.3 Å². The van der Waals surface area contributed by atoms with Crippen LogP contribution in [0, 0.1) is 0 Å². The van der Waals surface area contributed by atoms with E-state index >= 15 is 0 Å². The van der Waals surface area contributed by atoms with Crippen LogP contribution in [0.1, 0.15) is 38.5 Å². The van der Waals surface area contributed by atoms with Gasteiger partial charge in [-0.15, -0.1) is 0 Å². The van der Waals surface area contributed by atoms with Crippen LogP contribution in [0.15, 0.2) is 0 Å². The first-order valence-corrected chi connectivity index (χ1v) is 4.23. The Morgan fingerprint density at radius 3 is 1.46 bits per heavy atom. The predicted molar refractivity (Wildman–Crippen MR) is 41.4 cm³/mol. The molecule has 0 heterocycles. The van der Waals surface area contributed by atoms with Gasteiger partial charge in [-0.05, 0) is 0 Å². The predicted octanol–water partition coefficient (Wildman–Crippen LogP) is 2.97.